The number of anilines is 1. The van der Waals surface area contributed by atoms with Gasteiger partial charge in [0.25, 0.3) is 5.91 Å². The summed E-state index contributed by atoms with van der Waals surface area (Å²) in [5.74, 6) is -0.823. The van der Waals surface area contributed by atoms with Crippen molar-refractivity contribution >= 4 is 41.0 Å². The van der Waals surface area contributed by atoms with Crippen LogP contribution >= 0.6 is 12.2 Å². The quantitative estimate of drug-likeness (QED) is 0.611. The molecule has 1 aliphatic rings. The second-order valence-electron chi connectivity index (χ2n) is 6.23. The van der Waals surface area contributed by atoms with Crippen molar-refractivity contribution in [2.45, 2.75) is 13.8 Å². The summed E-state index contributed by atoms with van der Waals surface area (Å²) in [7, 11) is 0. The third-order valence-corrected chi connectivity index (χ3v) is 4.18. The van der Waals surface area contributed by atoms with Crippen molar-refractivity contribution < 1.29 is 19.4 Å². The monoisotopic (exact) mass is 382 g/mol. The highest BCUT2D eigenvalue weighted by Crippen LogP contribution is 2.25. The lowest BCUT2D eigenvalue weighted by atomic mass is 10.1. The van der Waals surface area contributed by atoms with Crippen molar-refractivity contribution in [3.05, 3.63) is 64.9 Å². The number of nitrogens with one attached hydrogen (secondary N) is 1. The van der Waals surface area contributed by atoms with Gasteiger partial charge >= 0.3 is 5.97 Å². The average Bonchev–Trinajstić information content (AvgIpc) is 2.87. The zero-order chi connectivity index (χ0) is 19.6. The average molecular weight is 382 g/mol. The molecule has 0 spiro atoms. The number of thiocarbonyl (C=S) groups is 1. The number of aryl methyl sites for hydroxylation is 2. The van der Waals surface area contributed by atoms with E-state index in [0.717, 1.165) is 22.4 Å². The van der Waals surface area contributed by atoms with Crippen LogP contribution in [0.1, 0.15) is 16.7 Å². The molecule has 27 heavy (non-hydrogen) atoms. The van der Waals surface area contributed by atoms with E-state index in [1.165, 1.54) is 4.90 Å². The van der Waals surface area contributed by atoms with Gasteiger partial charge in [0.15, 0.2) is 11.7 Å². The summed E-state index contributed by atoms with van der Waals surface area (Å²) in [4.78, 5) is 24.8. The lowest BCUT2D eigenvalue weighted by Crippen LogP contribution is -2.30. The molecule has 6 nitrogen and oxygen atoms in total. The molecule has 1 heterocycles. The first-order chi connectivity index (χ1) is 12.8. The number of carbonyl (C=O) groups is 2. The summed E-state index contributed by atoms with van der Waals surface area (Å²) in [6.45, 7) is 3.54. The summed E-state index contributed by atoms with van der Waals surface area (Å²) in [6, 6.07) is 12.6. The maximum Gasteiger partial charge on any atom is 0.341 e. The molecule has 0 saturated carbocycles. The second-order valence-corrected chi connectivity index (χ2v) is 6.61. The van der Waals surface area contributed by atoms with Gasteiger partial charge in [-0.1, -0.05) is 18.2 Å². The molecule has 1 saturated heterocycles. The van der Waals surface area contributed by atoms with Crippen molar-refractivity contribution in [2.24, 2.45) is 0 Å². The van der Waals surface area contributed by atoms with Crippen LogP contribution in [0, 0.1) is 13.8 Å². The molecule has 138 valence electrons. The molecule has 1 amide bonds. The SMILES string of the molecule is Cc1cc(C)cc(N2C(=O)/C(=C\c3ccc(OCC(=O)O)cc3)NC2=S)c1. The van der Waals surface area contributed by atoms with E-state index in [1.807, 2.05) is 32.0 Å². The molecule has 0 atom stereocenters. The number of rotatable bonds is 5. The maximum absolute atomic E-state index is 12.8. The summed E-state index contributed by atoms with van der Waals surface area (Å²) < 4.78 is 5.10. The van der Waals surface area contributed by atoms with Crippen LogP contribution < -0.4 is 15.0 Å². The minimum atomic E-state index is -1.04. The summed E-state index contributed by atoms with van der Waals surface area (Å²) >= 11 is 5.34. The van der Waals surface area contributed by atoms with E-state index in [2.05, 4.69) is 5.32 Å². The highest BCUT2D eigenvalue weighted by atomic mass is 32.1. The van der Waals surface area contributed by atoms with Crippen LogP contribution in [0.4, 0.5) is 5.69 Å². The molecule has 0 aromatic heterocycles. The number of benzene rings is 2. The number of ether oxygens (including phenoxy) is 1. The molecule has 1 aliphatic heterocycles. The number of aliphatic carboxylic acids is 1. The van der Waals surface area contributed by atoms with Crippen LogP contribution in [-0.2, 0) is 9.59 Å². The Kier molecular flexibility index (Phi) is 5.23. The molecular weight excluding hydrogens is 364 g/mol. The Bertz CT molecular complexity index is 931. The largest absolute Gasteiger partial charge is 0.482 e. The lowest BCUT2D eigenvalue weighted by Gasteiger charge is -2.15. The third-order valence-electron chi connectivity index (χ3n) is 3.90. The smallest absolute Gasteiger partial charge is 0.341 e. The Morgan fingerprint density at radius 1 is 1.19 bits per heavy atom. The number of carboxylic acids is 1. The number of carbonyl (C=O) groups excluding carboxylic acids is 1. The van der Waals surface area contributed by atoms with Crippen molar-refractivity contribution in [1.82, 2.24) is 5.32 Å². The predicted molar refractivity (Wildman–Crippen MR) is 107 cm³/mol. The molecule has 2 aromatic rings. The molecule has 1 fully saturated rings. The highest BCUT2D eigenvalue weighted by Gasteiger charge is 2.32. The number of hydrogen-bond acceptors (Lipinski definition) is 4. The van der Waals surface area contributed by atoms with E-state index in [1.54, 1.807) is 30.3 Å². The Balaban J connectivity index is 1.80. The van der Waals surface area contributed by atoms with Crippen LogP contribution in [0.2, 0.25) is 0 Å². The number of nitrogens with zero attached hydrogens (tertiary/aromatic N) is 1. The zero-order valence-corrected chi connectivity index (χ0v) is 15.7. The second kappa shape index (κ2) is 7.59. The number of carboxylic acid groups (broad SMARTS) is 1. The first-order valence-electron chi connectivity index (χ1n) is 8.23. The molecule has 0 unspecified atom stereocenters. The fraction of sp³-hybridized carbons (Fsp3) is 0.150. The van der Waals surface area contributed by atoms with Gasteiger partial charge in [0.05, 0.1) is 5.69 Å². The zero-order valence-electron chi connectivity index (χ0n) is 14.9. The van der Waals surface area contributed by atoms with Crippen LogP contribution in [0.5, 0.6) is 5.75 Å². The third kappa shape index (κ3) is 4.32. The molecule has 0 radical (unpaired) electrons. The summed E-state index contributed by atoms with van der Waals surface area (Å²) in [6.07, 6.45) is 1.69. The number of hydrogen-bond donors (Lipinski definition) is 2. The molecule has 3 rings (SSSR count). The van der Waals surface area contributed by atoms with Crippen molar-refractivity contribution in [1.29, 1.82) is 0 Å². The van der Waals surface area contributed by atoms with Crippen LogP contribution in [0.25, 0.3) is 6.08 Å². The molecule has 7 heteroatoms. The standard InChI is InChI=1S/C20H18N2O4S/c1-12-7-13(2)9-15(8-12)22-19(25)17(21-20(22)27)10-14-3-5-16(6-4-14)26-11-18(23)24/h3-10H,11H2,1-2H3,(H,21,27)(H,23,24)/b17-10+. The van der Waals surface area contributed by atoms with E-state index >= 15 is 0 Å². The molecule has 0 aliphatic carbocycles. The molecular formula is C20H18N2O4S. The predicted octanol–water partition coefficient (Wildman–Crippen LogP) is 3.03. The van der Waals surface area contributed by atoms with Crippen molar-refractivity contribution in [3.63, 3.8) is 0 Å². The van der Waals surface area contributed by atoms with Crippen molar-refractivity contribution in [3.8, 4) is 5.75 Å². The van der Waals surface area contributed by atoms with E-state index in [-0.39, 0.29) is 5.91 Å². The van der Waals surface area contributed by atoms with Gasteiger partial charge in [0, 0.05) is 0 Å². The fourth-order valence-electron chi connectivity index (χ4n) is 2.82. The Morgan fingerprint density at radius 3 is 2.41 bits per heavy atom. The van der Waals surface area contributed by atoms with Gasteiger partial charge in [-0.15, -0.1) is 0 Å². The first-order valence-corrected chi connectivity index (χ1v) is 8.64. The van der Waals surface area contributed by atoms with Gasteiger partial charge in [-0.05, 0) is 73.1 Å². The Hall–Kier alpha value is -3.19. The Morgan fingerprint density at radius 2 is 1.81 bits per heavy atom. The van der Waals surface area contributed by atoms with Gasteiger partial charge in [-0.25, -0.2) is 4.79 Å². The van der Waals surface area contributed by atoms with Gasteiger partial charge < -0.3 is 15.2 Å². The normalized spacial score (nSPS) is 15.2. The summed E-state index contributed by atoms with van der Waals surface area (Å²) in [5, 5.41) is 11.9. The molecule has 2 N–H and O–H groups in total. The van der Waals surface area contributed by atoms with Crippen LogP contribution in [0.3, 0.4) is 0 Å². The minimum Gasteiger partial charge on any atom is -0.482 e. The minimum absolute atomic E-state index is 0.226. The Labute approximate surface area is 162 Å². The van der Waals surface area contributed by atoms with Gasteiger partial charge in [0.1, 0.15) is 11.4 Å². The van der Waals surface area contributed by atoms with Crippen LogP contribution in [0.15, 0.2) is 48.2 Å². The van der Waals surface area contributed by atoms with E-state index in [9.17, 15) is 9.59 Å². The first kappa shape index (κ1) is 18.6. The fourth-order valence-corrected chi connectivity index (χ4v) is 3.12. The van der Waals surface area contributed by atoms with Crippen LogP contribution in [-0.4, -0.2) is 28.7 Å². The molecule has 0 bridgehead atoms. The number of amides is 1. The van der Waals surface area contributed by atoms with Gasteiger partial charge in [-0.2, -0.15) is 0 Å². The van der Waals surface area contributed by atoms with Crippen molar-refractivity contribution in [2.75, 3.05) is 11.5 Å². The highest BCUT2D eigenvalue weighted by molar-refractivity contribution is 7.80. The maximum atomic E-state index is 12.8. The topological polar surface area (TPSA) is 78.9 Å². The summed E-state index contributed by atoms with van der Waals surface area (Å²) in [5.41, 5.74) is 3.97. The van der Waals surface area contributed by atoms with Gasteiger partial charge in [0.2, 0.25) is 0 Å². The van der Waals surface area contributed by atoms with Gasteiger partial charge in [-0.3, -0.25) is 9.69 Å². The van der Waals surface area contributed by atoms with E-state index in [4.69, 9.17) is 22.1 Å². The van der Waals surface area contributed by atoms with E-state index < -0.39 is 12.6 Å². The lowest BCUT2D eigenvalue weighted by molar-refractivity contribution is -0.139. The molecule has 2 aromatic carbocycles. The van der Waals surface area contributed by atoms with E-state index in [0.29, 0.717) is 16.6 Å².